The zero-order valence-electron chi connectivity index (χ0n) is 12.1. The normalized spacial score (nSPS) is 10.6. The Labute approximate surface area is 132 Å². The standard InChI is InChI=1S/C18H12N4O/c19-8-14-9-20-10-16(13-4-6-23-11-13)18(14)22-15-1-2-17-12(7-15)3-5-21-17/h1-7,9-11,21H,(H,20,22). The van der Waals surface area contributed by atoms with Crippen molar-refractivity contribution in [2.75, 3.05) is 5.32 Å². The average molecular weight is 300 g/mol. The number of furan rings is 1. The maximum atomic E-state index is 9.40. The molecular formula is C18H12N4O. The van der Waals surface area contributed by atoms with Crippen molar-refractivity contribution in [2.24, 2.45) is 0 Å². The average Bonchev–Trinajstić information content (AvgIpc) is 3.26. The Balaban J connectivity index is 1.82. The summed E-state index contributed by atoms with van der Waals surface area (Å²) < 4.78 is 5.15. The largest absolute Gasteiger partial charge is 0.472 e. The molecule has 0 aliphatic rings. The van der Waals surface area contributed by atoms with Crippen LogP contribution < -0.4 is 5.32 Å². The van der Waals surface area contributed by atoms with Crippen molar-refractivity contribution in [3.05, 3.63) is 67.0 Å². The second-order valence-electron chi connectivity index (χ2n) is 5.14. The SMILES string of the molecule is N#Cc1cncc(-c2ccoc2)c1Nc1ccc2[nH]ccc2c1. The number of nitrogens with one attached hydrogen (secondary N) is 2. The molecule has 23 heavy (non-hydrogen) atoms. The number of benzene rings is 1. The van der Waals surface area contributed by atoms with E-state index in [1.807, 2.05) is 36.5 Å². The van der Waals surface area contributed by atoms with Crippen molar-refractivity contribution in [3.63, 3.8) is 0 Å². The van der Waals surface area contributed by atoms with Crippen molar-refractivity contribution >= 4 is 22.3 Å². The van der Waals surface area contributed by atoms with E-state index >= 15 is 0 Å². The summed E-state index contributed by atoms with van der Waals surface area (Å²) in [5.41, 5.74) is 4.88. The lowest BCUT2D eigenvalue weighted by Gasteiger charge is -2.12. The highest BCUT2D eigenvalue weighted by atomic mass is 16.3. The van der Waals surface area contributed by atoms with Crippen LogP contribution in [0, 0.1) is 11.3 Å². The van der Waals surface area contributed by atoms with Crippen LogP contribution in [-0.4, -0.2) is 9.97 Å². The van der Waals surface area contributed by atoms with Crippen molar-refractivity contribution in [1.82, 2.24) is 9.97 Å². The third-order valence-electron chi connectivity index (χ3n) is 3.72. The van der Waals surface area contributed by atoms with E-state index in [9.17, 15) is 5.26 Å². The highest BCUT2D eigenvalue weighted by Gasteiger charge is 2.12. The van der Waals surface area contributed by atoms with Gasteiger partial charge in [0, 0.05) is 46.3 Å². The fourth-order valence-corrected chi connectivity index (χ4v) is 2.59. The van der Waals surface area contributed by atoms with Crippen LogP contribution in [0.3, 0.4) is 0 Å². The van der Waals surface area contributed by atoms with E-state index in [4.69, 9.17) is 4.42 Å². The highest BCUT2D eigenvalue weighted by molar-refractivity contribution is 5.88. The zero-order chi connectivity index (χ0) is 15.6. The molecule has 110 valence electrons. The van der Waals surface area contributed by atoms with Crippen LogP contribution in [0.4, 0.5) is 11.4 Å². The Bertz CT molecular complexity index is 1010. The highest BCUT2D eigenvalue weighted by Crippen LogP contribution is 2.33. The molecule has 0 saturated carbocycles. The molecule has 4 rings (SSSR count). The minimum absolute atomic E-state index is 0.484. The number of hydrogen-bond acceptors (Lipinski definition) is 4. The van der Waals surface area contributed by atoms with Gasteiger partial charge in [0.1, 0.15) is 6.07 Å². The summed E-state index contributed by atoms with van der Waals surface area (Å²) in [5.74, 6) is 0. The van der Waals surface area contributed by atoms with Crippen LogP contribution in [0.1, 0.15) is 5.56 Å². The van der Waals surface area contributed by atoms with E-state index < -0.39 is 0 Å². The van der Waals surface area contributed by atoms with Gasteiger partial charge in [-0.1, -0.05) is 0 Å². The van der Waals surface area contributed by atoms with Gasteiger partial charge in [-0.25, -0.2) is 0 Å². The molecule has 3 aromatic heterocycles. The Morgan fingerprint density at radius 3 is 2.96 bits per heavy atom. The Morgan fingerprint density at radius 1 is 1.17 bits per heavy atom. The number of nitrogens with zero attached hydrogens (tertiary/aromatic N) is 2. The molecule has 2 N–H and O–H groups in total. The Hall–Kier alpha value is -3.52. The van der Waals surface area contributed by atoms with E-state index in [0.717, 1.165) is 33.4 Å². The molecule has 0 fully saturated rings. The first kappa shape index (κ1) is 13.2. The van der Waals surface area contributed by atoms with Gasteiger partial charge >= 0.3 is 0 Å². The van der Waals surface area contributed by atoms with Gasteiger partial charge in [0.25, 0.3) is 0 Å². The topological polar surface area (TPSA) is 77.6 Å². The molecule has 5 nitrogen and oxygen atoms in total. The van der Waals surface area contributed by atoms with Gasteiger partial charge < -0.3 is 14.7 Å². The molecule has 4 aromatic rings. The first-order valence-corrected chi connectivity index (χ1v) is 7.10. The molecule has 0 saturated heterocycles. The number of anilines is 2. The maximum Gasteiger partial charge on any atom is 0.103 e. The quantitative estimate of drug-likeness (QED) is 0.586. The van der Waals surface area contributed by atoms with E-state index in [1.165, 1.54) is 0 Å². The van der Waals surface area contributed by atoms with Gasteiger partial charge in [-0.3, -0.25) is 4.98 Å². The maximum absolute atomic E-state index is 9.40. The van der Waals surface area contributed by atoms with Crippen LogP contribution >= 0.6 is 0 Å². The van der Waals surface area contributed by atoms with Crippen LogP contribution in [0.5, 0.6) is 0 Å². The van der Waals surface area contributed by atoms with Crippen LogP contribution in [0.25, 0.3) is 22.0 Å². The van der Waals surface area contributed by atoms with Gasteiger partial charge in [0.15, 0.2) is 0 Å². The van der Waals surface area contributed by atoms with Crippen molar-refractivity contribution < 1.29 is 4.42 Å². The Morgan fingerprint density at radius 2 is 2.13 bits per heavy atom. The molecular weight excluding hydrogens is 288 g/mol. The predicted molar refractivity (Wildman–Crippen MR) is 88.2 cm³/mol. The number of fused-ring (bicyclic) bond motifs is 1. The molecule has 0 atom stereocenters. The lowest BCUT2D eigenvalue weighted by Crippen LogP contribution is -1.97. The summed E-state index contributed by atoms with van der Waals surface area (Å²) >= 11 is 0. The summed E-state index contributed by atoms with van der Waals surface area (Å²) in [6.45, 7) is 0. The number of aromatic nitrogens is 2. The first-order chi connectivity index (χ1) is 11.3. The van der Waals surface area contributed by atoms with E-state index in [0.29, 0.717) is 5.56 Å². The third kappa shape index (κ3) is 2.32. The summed E-state index contributed by atoms with van der Waals surface area (Å²) in [4.78, 5) is 7.31. The lowest BCUT2D eigenvalue weighted by atomic mass is 10.1. The van der Waals surface area contributed by atoms with Gasteiger partial charge in [0.2, 0.25) is 0 Å². The first-order valence-electron chi connectivity index (χ1n) is 7.10. The number of H-pyrrole nitrogens is 1. The van der Waals surface area contributed by atoms with Gasteiger partial charge in [-0.15, -0.1) is 0 Å². The molecule has 0 amide bonds. The molecule has 1 aromatic carbocycles. The van der Waals surface area contributed by atoms with E-state index in [1.54, 1.807) is 24.9 Å². The zero-order valence-corrected chi connectivity index (χ0v) is 12.1. The molecule has 0 aliphatic carbocycles. The number of rotatable bonds is 3. The predicted octanol–water partition coefficient (Wildman–Crippen LogP) is 4.44. The summed E-state index contributed by atoms with van der Waals surface area (Å²) in [6, 6.07) is 12.1. The summed E-state index contributed by atoms with van der Waals surface area (Å²) in [5, 5.41) is 13.8. The van der Waals surface area contributed by atoms with Crippen molar-refractivity contribution in [1.29, 1.82) is 5.26 Å². The number of aromatic amines is 1. The summed E-state index contributed by atoms with van der Waals surface area (Å²) in [6.07, 6.45) is 8.42. The molecule has 0 aliphatic heterocycles. The second kappa shape index (κ2) is 5.35. The van der Waals surface area contributed by atoms with Crippen molar-refractivity contribution in [2.45, 2.75) is 0 Å². The second-order valence-corrected chi connectivity index (χ2v) is 5.14. The van der Waals surface area contributed by atoms with Crippen LogP contribution in [-0.2, 0) is 0 Å². The van der Waals surface area contributed by atoms with Crippen molar-refractivity contribution in [3.8, 4) is 17.2 Å². The molecule has 5 heteroatoms. The minimum atomic E-state index is 0.484. The van der Waals surface area contributed by atoms with E-state index in [-0.39, 0.29) is 0 Å². The minimum Gasteiger partial charge on any atom is -0.472 e. The molecule has 0 spiro atoms. The molecule has 0 unspecified atom stereocenters. The van der Waals surface area contributed by atoms with Gasteiger partial charge in [-0.2, -0.15) is 5.26 Å². The number of hydrogen-bond donors (Lipinski definition) is 2. The van der Waals surface area contributed by atoms with Crippen LogP contribution in [0.2, 0.25) is 0 Å². The van der Waals surface area contributed by atoms with E-state index in [2.05, 4.69) is 21.4 Å². The fourth-order valence-electron chi connectivity index (χ4n) is 2.59. The monoisotopic (exact) mass is 300 g/mol. The van der Waals surface area contributed by atoms with Gasteiger partial charge in [-0.05, 0) is 30.3 Å². The lowest BCUT2D eigenvalue weighted by molar-refractivity contribution is 0.568. The molecule has 0 bridgehead atoms. The molecule has 0 radical (unpaired) electrons. The van der Waals surface area contributed by atoms with Gasteiger partial charge in [0.05, 0.1) is 23.8 Å². The third-order valence-corrected chi connectivity index (χ3v) is 3.72. The Kier molecular flexibility index (Phi) is 3.06. The van der Waals surface area contributed by atoms with Crippen LogP contribution in [0.15, 0.2) is 65.9 Å². The molecule has 3 heterocycles. The number of pyridine rings is 1. The summed E-state index contributed by atoms with van der Waals surface area (Å²) in [7, 11) is 0. The smallest absolute Gasteiger partial charge is 0.103 e. The number of nitriles is 1. The fraction of sp³-hybridized carbons (Fsp3) is 0.